The van der Waals surface area contributed by atoms with Crippen LogP contribution in [0.1, 0.15) is 48.5 Å². The van der Waals surface area contributed by atoms with Gasteiger partial charge >= 0.3 is 0 Å². The van der Waals surface area contributed by atoms with Crippen molar-refractivity contribution in [2.45, 2.75) is 43.6 Å². The predicted molar refractivity (Wildman–Crippen MR) is 124 cm³/mol. The smallest absolute Gasteiger partial charge is 0.258 e. The molecule has 0 radical (unpaired) electrons. The second-order valence-electron chi connectivity index (χ2n) is 7.59. The number of hydrogen-bond donors (Lipinski definition) is 1. The van der Waals surface area contributed by atoms with Crippen LogP contribution in [0.15, 0.2) is 53.4 Å². The Kier molecular flexibility index (Phi) is 6.82. The summed E-state index contributed by atoms with van der Waals surface area (Å²) in [7, 11) is 0. The van der Waals surface area contributed by atoms with Gasteiger partial charge in [-0.1, -0.05) is 61.6 Å². The molecule has 1 unspecified atom stereocenters. The fraction of sp³-hybridized carbons (Fsp3) is 0.348. The van der Waals surface area contributed by atoms with E-state index in [0.717, 1.165) is 40.7 Å². The van der Waals surface area contributed by atoms with Gasteiger partial charge in [-0.05, 0) is 36.5 Å². The molecule has 2 aromatic carbocycles. The number of amides is 1. The molecule has 1 N–H and O–H groups in total. The monoisotopic (exact) mass is 439 g/mol. The quantitative estimate of drug-likeness (QED) is 0.468. The number of nitrogens with zero attached hydrogens (tertiary/aromatic N) is 2. The number of aromatic nitrogens is 2. The summed E-state index contributed by atoms with van der Waals surface area (Å²) in [5.74, 6) is 1.18. The van der Waals surface area contributed by atoms with Crippen molar-refractivity contribution in [1.82, 2.24) is 10.2 Å². The summed E-state index contributed by atoms with van der Waals surface area (Å²) in [4.78, 5) is 13.8. The molecule has 0 spiro atoms. The van der Waals surface area contributed by atoms with Crippen LogP contribution in [-0.2, 0) is 4.74 Å². The summed E-state index contributed by atoms with van der Waals surface area (Å²) in [6, 6.07) is 16.0. The Morgan fingerprint density at radius 1 is 1.20 bits per heavy atom. The molecule has 7 heteroatoms. The summed E-state index contributed by atoms with van der Waals surface area (Å²) in [5, 5.41) is 12.6. The minimum absolute atomic E-state index is 0.164. The Balaban J connectivity index is 1.43. The molecule has 5 nitrogen and oxygen atoms in total. The third kappa shape index (κ3) is 5.09. The van der Waals surface area contributed by atoms with Crippen molar-refractivity contribution in [3.8, 4) is 10.6 Å². The van der Waals surface area contributed by atoms with Crippen LogP contribution >= 0.6 is 23.1 Å². The second-order valence-corrected chi connectivity index (χ2v) is 9.62. The Morgan fingerprint density at radius 3 is 2.73 bits per heavy atom. The number of hydrogen-bond acceptors (Lipinski definition) is 6. The van der Waals surface area contributed by atoms with E-state index < -0.39 is 0 Å². The van der Waals surface area contributed by atoms with E-state index in [1.54, 1.807) is 11.8 Å². The van der Waals surface area contributed by atoms with Crippen molar-refractivity contribution in [3.05, 3.63) is 59.7 Å². The van der Waals surface area contributed by atoms with Crippen molar-refractivity contribution in [2.75, 3.05) is 17.7 Å². The van der Waals surface area contributed by atoms with E-state index in [1.807, 2.05) is 24.3 Å². The molecule has 1 aliphatic heterocycles. The summed E-state index contributed by atoms with van der Waals surface area (Å²) < 4.78 is 5.70. The van der Waals surface area contributed by atoms with Gasteiger partial charge in [0.1, 0.15) is 5.01 Å². The van der Waals surface area contributed by atoms with Gasteiger partial charge in [-0.25, -0.2) is 0 Å². The molecule has 0 bridgehead atoms. The van der Waals surface area contributed by atoms with E-state index >= 15 is 0 Å². The van der Waals surface area contributed by atoms with Gasteiger partial charge in [-0.2, -0.15) is 0 Å². The molecule has 3 aromatic rings. The average molecular weight is 440 g/mol. The number of rotatable bonds is 7. The fourth-order valence-corrected chi connectivity index (χ4v) is 5.17. The number of benzene rings is 2. The Bertz CT molecular complexity index is 996. The molecule has 156 valence electrons. The molecule has 1 amide bonds. The molecule has 30 heavy (non-hydrogen) atoms. The second kappa shape index (κ2) is 9.73. The lowest BCUT2D eigenvalue weighted by molar-refractivity contribution is 0.102. The highest BCUT2D eigenvalue weighted by Gasteiger charge is 2.19. The third-order valence-electron chi connectivity index (χ3n) is 5.05. The number of anilines is 1. The minimum atomic E-state index is -0.164. The lowest BCUT2D eigenvalue weighted by atomic mass is 10.0. The maximum absolute atomic E-state index is 12.9. The standard InChI is InChI=1S/C23H25N3O2S2/c1-15(2)16-9-11-17(12-10-16)22-25-26-23(30-22)24-21(27)19-7-3-4-8-20(19)29-14-18-6-5-13-28-18/h3-4,7-12,15,18H,5-6,13-14H2,1-2H3,(H,24,26,27). The summed E-state index contributed by atoms with van der Waals surface area (Å²) in [6.45, 7) is 5.18. The van der Waals surface area contributed by atoms with Crippen molar-refractivity contribution in [3.63, 3.8) is 0 Å². The van der Waals surface area contributed by atoms with Gasteiger partial charge in [0, 0.05) is 22.8 Å². The predicted octanol–water partition coefficient (Wildman–Crippen LogP) is 5.85. The average Bonchev–Trinajstić information content (AvgIpc) is 3.45. The van der Waals surface area contributed by atoms with Crippen LogP contribution in [-0.4, -0.2) is 34.6 Å². The molecule has 4 rings (SSSR count). The highest BCUT2D eigenvalue weighted by Crippen LogP contribution is 2.30. The van der Waals surface area contributed by atoms with Crippen LogP contribution in [0.5, 0.6) is 0 Å². The Morgan fingerprint density at radius 2 is 2.00 bits per heavy atom. The molecule has 1 atom stereocenters. The van der Waals surface area contributed by atoms with E-state index in [2.05, 4.69) is 53.6 Å². The lowest BCUT2D eigenvalue weighted by Gasteiger charge is -2.11. The van der Waals surface area contributed by atoms with E-state index in [-0.39, 0.29) is 12.0 Å². The SMILES string of the molecule is CC(C)c1ccc(-c2nnc(NC(=O)c3ccccc3SCC3CCCO3)s2)cc1. The van der Waals surface area contributed by atoms with Gasteiger partial charge in [0.15, 0.2) is 0 Å². The Labute approximate surface area is 185 Å². The van der Waals surface area contributed by atoms with Crippen LogP contribution in [0.2, 0.25) is 0 Å². The van der Waals surface area contributed by atoms with Crippen LogP contribution in [0.25, 0.3) is 10.6 Å². The number of nitrogens with one attached hydrogen (secondary N) is 1. The zero-order valence-corrected chi connectivity index (χ0v) is 18.8. The molecule has 0 saturated carbocycles. The van der Waals surface area contributed by atoms with E-state index in [9.17, 15) is 4.79 Å². The van der Waals surface area contributed by atoms with Gasteiger partial charge < -0.3 is 4.74 Å². The highest BCUT2D eigenvalue weighted by molar-refractivity contribution is 7.99. The maximum atomic E-state index is 12.9. The first-order valence-electron chi connectivity index (χ1n) is 10.2. The summed E-state index contributed by atoms with van der Waals surface area (Å²) in [6.07, 6.45) is 2.49. The normalized spacial score (nSPS) is 16.2. The number of carbonyl (C=O) groups excluding carboxylic acids is 1. The molecule has 2 heterocycles. The first kappa shape index (κ1) is 21.0. The molecule has 1 aliphatic rings. The number of carbonyl (C=O) groups is 1. The summed E-state index contributed by atoms with van der Waals surface area (Å²) >= 11 is 3.05. The first-order chi connectivity index (χ1) is 14.6. The minimum Gasteiger partial charge on any atom is -0.377 e. The number of thioether (sulfide) groups is 1. The maximum Gasteiger partial charge on any atom is 0.258 e. The van der Waals surface area contributed by atoms with E-state index in [0.29, 0.717) is 16.6 Å². The van der Waals surface area contributed by atoms with Crippen molar-refractivity contribution < 1.29 is 9.53 Å². The zero-order valence-electron chi connectivity index (χ0n) is 17.1. The van der Waals surface area contributed by atoms with Crippen LogP contribution in [0.3, 0.4) is 0 Å². The highest BCUT2D eigenvalue weighted by atomic mass is 32.2. The molecule has 0 aliphatic carbocycles. The van der Waals surface area contributed by atoms with E-state index in [1.165, 1.54) is 16.9 Å². The van der Waals surface area contributed by atoms with E-state index in [4.69, 9.17) is 4.74 Å². The molecular formula is C23H25N3O2S2. The van der Waals surface area contributed by atoms with Gasteiger partial charge in [0.2, 0.25) is 5.13 Å². The van der Waals surface area contributed by atoms with Crippen LogP contribution < -0.4 is 5.32 Å². The van der Waals surface area contributed by atoms with Gasteiger partial charge in [-0.15, -0.1) is 22.0 Å². The zero-order chi connectivity index (χ0) is 20.9. The van der Waals surface area contributed by atoms with Gasteiger partial charge in [0.25, 0.3) is 5.91 Å². The molecule has 1 aromatic heterocycles. The third-order valence-corrected chi connectivity index (χ3v) is 7.14. The molecule has 1 fully saturated rings. The van der Waals surface area contributed by atoms with Gasteiger partial charge in [0.05, 0.1) is 11.7 Å². The van der Waals surface area contributed by atoms with Crippen molar-refractivity contribution in [2.24, 2.45) is 0 Å². The lowest BCUT2D eigenvalue weighted by Crippen LogP contribution is -2.14. The van der Waals surface area contributed by atoms with Gasteiger partial charge in [-0.3, -0.25) is 10.1 Å². The van der Waals surface area contributed by atoms with Crippen LogP contribution in [0.4, 0.5) is 5.13 Å². The summed E-state index contributed by atoms with van der Waals surface area (Å²) in [5.41, 5.74) is 2.94. The molecular weight excluding hydrogens is 414 g/mol. The van der Waals surface area contributed by atoms with Crippen molar-refractivity contribution in [1.29, 1.82) is 0 Å². The topological polar surface area (TPSA) is 64.1 Å². The molecule has 1 saturated heterocycles. The van der Waals surface area contributed by atoms with Crippen LogP contribution in [0, 0.1) is 0 Å². The number of ether oxygens (including phenoxy) is 1. The Hall–Kier alpha value is -2.22. The largest absolute Gasteiger partial charge is 0.377 e. The fourth-order valence-electron chi connectivity index (χ4n) is 3.30. The van der Waals surface area contributed by atoms with Crippen molar-refractivity contribution >= 4 is 34.1 Å². The first-order valence-corrected chi connectivity index (χ1v) is 12.0.